The third-order valence-electron chi connectivity index (χ3n) is 4.19. The molecule has 2 rings (SSSR count). The van der Waals surface area contributed by atoms with Crippen LogP contribution in [0.3, 0.4) is 0 Å². The third kappa shape index (κ3) is 6.65. The van der Waals surface area contributed by atoms with Crippen molar-refractivity contribution < 1.29 is 9.53 Å². The lowest BCUT2D eigenvalue weighted by atomic mass is 9.95. The van der Waals surface area contributed by atoms with E-state index in [0.29, 0.717) is 13.2 Å². The summed E-state index contributed by atoms with van der Waals surface area (Å²) >= 11 is 0. The molecule has 1 radical (unpaired) electrons. The van der Waals surface area contributed by atoms with Gasteiger partial charge in [-0.3, -0.25) is 0 Å². The number of nitrogens with zero attached hydrogens (tertiary/aromatic N) is 1. The lowest BCUT2D eigenvalue weighted by Gasteiger charge is -2.13. The molecule has 3 heteroatoms. The Morgan fingerprint density at radius 3 is 2.52 bits per heavy atom. The van der Waals surface area contributed by atoms with Gasteiger partial charge in [-0.2, -0.15) is 0 Å². The Labute approximate surface area is 128 Å². The number of carbonyl (C=O) groups excluding carboxylic acids is 1. The summed E-state index contributed by atoms with van der Waals surface area (Å²) in [6.07, 6.45) is 10.0. The van der Waals surface area contributed by atoms with E-state index in [1.165, 1.54) is 44.9 Å². The summed E-state index contributed by atoms with van der Waals surface area (Å²) in [6.45, 7) is 0.913. The van der Waals surface area contributed by atoms with Crippen LogP contribution in [0.4, 0.5) is 4.79 Å². The molecule has 1 aliphatic carbocycles. The summed E-state index contributed by atoms with van der Waals surface area (Å²) in [6, 6.07) is 9.71. The van der Waals surface area contributed by atoms with Gasteiger partial charge < -0.3 is 4.74 Å². The van der Waals surface area contributed by atoms with E-state index in [1.807, 2.05) is 30.3 Å². The molecule has 1 amide bonds. The zero-order chi connectivity index (χ0) is 14.8. The van der Waals surface area contributed by atoms with Crippen molar-refractivity contribution in [1.29, 1.82) is 0 Å². The molecule has 0 atom stereocenters. The number of benzene rings is 1. The first-order valence-electron chi connectivity index (χ1n) is 8.23. The molecular formula is C18H26NO2. The number of carbonyl (C=O) groups is 1. The first-order chi connectivity index (χ1) is 10.3. The zero-order valence-corrected chi connectivity index (χ0v) is 12.8. The van der Waals surface area contributed by atoms with Gasteiger partial charge in [-0.1, -0.05) is 68.9 Å². The number of ether oxygens (including phenoxy) is 1. The zero-order valence-electron chi connectivity index (χ0n) is 12.8. The monoisotopic (exact) mass is 288 g/mol. The number of amides is 1. The van der Waals surface area contributed by atoms with E-state index in [9.17, 15) is 4.79 Å². The van der Waals surface area contributed by atoms with Crippen LogP contribution in [-0.2, 0) is 11.3 Å². The Balaban J connectivity index is 1.52. The summed E-state index contributed by atoms with van der Waals surface area (Å²) < 4.78 is 5.13. The lowest BCUT2D eigenvalue weighted by molar-refractivity contribution is 0.138. The molecule has 0 spiro atoms. The molecule has 1 aliphatic rings. The second kappa shape index (κ2) is 9.43. The van der Waals surface area contributed by atoms with Crippen molar-refractivity contribution in [2.45, 2.75) is 58.0 Å². The van der Waals surface area contributed by atoms with Crippen LogP contribution in [-0.4, -0.2) is 12.6 Å². The quantitative estimate of drug-likeness (QED) is 0.563. The topological polar surface area (TPSA) is 40.4 Å². The van der Waals surface area contributed by atoms with Crippen LogP contribution < -0.4 is 5.32 Å². The number of rotatable bonds is 6. The molecule has 0 aromatic heterocycles. The van der Waals surface area contributed by atoms with Gasteiger partial charge in [-0.25, -0.2) is 10.1 Å². The van der Waals surface area contributed by atoms with Gasteiger partial charge in [-0.15, -0.1) is 0 Å². The Morgan fingerprint density at radius 2 is 1.81 bits per heavy atom. The third-order valence-corrected chi connectivity index (χ3v) is 4.19. The fourth-order valence-electron chi connectivity index (χ4n) is 2.97. The van der Waals surface area contributed by atoms with Crippen LogP contribution in [0, 0.1) is 5.92 Å². The maximum Gasteiger partial charge on any atom is 0.429 e. The van der Waals surface area contributed by atoms with E-state index in [1.54, 1.807) is 0 Å². The van der Waals surface area contributed by atoms with Gasteiger partial charge in [-0.05, 0) is 24.3 Å². The van der Waals surface area contributed by atoms with Gasteiger partial charge in [0.1, 0.15) is 6.61 Å². The van der Waals surface area contributed by atoms with Gasteiger partial charge in [0.25, 0.3) is 0 Å². The molecule has 1 aromatic carbocycles. The molecule has 0 heterocycles. The molecule has 0 unspecified atom stereocenters. The standard InChI is InChI=1S/C18H26NO2/c20-18(21-15-17-11-6-3-7-12-17)19-14-8-13-16-9-4-1-2-5-10-16/h3,6-7,11-12,16H,1-2,4-5,8-10,13-15H2. The fraction of sp³-hybridized carbons (Fsp3) is 0.611. The average Bonchev–Trinajstić information content (AvgIpc) is 2.79. The summed E-state index contributed by atoms with van der Waals surface area (Å²) in [7, 11) is 0. The van der Waals surface area contributed by atoms with Crippen LogP contribution in [0.5, 0.6) is 0 Å². The number of hydrogen-bond donors (Lipinski definition) is 0. The lowest BCUT2D eigenvalue weighted by Crippen LogP contribution is -2.18. The Kier molecular flexibility index (Phi) is 7.13. The average molecular weight is 288 g/mol. The second-order valence-electron chi connectivity index (χ2n) is 5.92. The van der Waals surface area contributed by atoms with Crippen molar-refractivity contribution in [2.24, 2.45) is 5.92 Å². The number of hydrogen-bond acceptors (Lipinski definition) is 2. The molecule has 0 N–H and O–H groups in total. The maximum absolute atomic E-state index is 11.5. The van der Waals surface area contributed by atoms with E-state index in [-0.39, 0.29) is 0 Å². The minimum Gasteiger partial charge on any atom is -0.443 e. The Hall–Kier alpha value is -1.51. The van der Waals surface area contributed by atoms with Gasteiger partial charge in [0.15, 0.2) is 0 Å². The van der Waals surface area contributed by atoms with Crippen LogP contribution in [0.1, 0.15) is 56.9 Å². The highest BCUT2D eigenvalue weighted by molar-refractivity contribution is 5.66. The van der Waals surface area contributed by atoms with Gasteiger partial charge in [0.2, 0.25) is 0 Å². The highest BCUT2D eigenvalue weighted by Gasteiger charge is 2.12. The molecule has 0 aliphatic heterocycles. The van der Waals surface area contributed by atoms with Crippen LogP contribution in [0.15, 0.2) is 30.3 Å². The molecular weight excluding hydrogens is 262 g/mol. The molecule has 1 saturated carbocycles. The van der Waals surface area contributed by atoms with Gasteiger partial charge in [0.05, 0.1) is 0 Å². The van der Waals surface area contributed by atoms with Crippen molar-refractivity contribution in [1.82, 2.24) is 5.32 Å². The molecule has 1 aromatic rings. The van der Waals surface area contributed by atoms with Gasteiger partial charge in [0, 0.05) is 6.54 Å². The fourth-order valence-corrected chi connectivity index (χ4v) is 2.97. The predicted molar refractivity (Wildman–Crippen MR) is 84.1 cm³/mol. The Morgan fingerprint density at radius 1 is 1.10 bits per heavy atom. The van der Waals surface area contributed by atoms with Crippen LogP contribution >= 0.6 is 0 Å². The van der Waals surface area contributed by atoms with Crippen molar-refractivity contribution in [2.75, 3.05) is 6.54 Å². The molecule has 115 valence electrons. The van der Waals surface area contributed by atoms with Crippen molar-refractivity contribution in [3.05, 3.63) is 35.9 Å². The minimum absolute atomic E-state index is 0.311. The van der Waals surface area contributed by atoms with Crippen LogP contribution in [0.25, 0.3) is 0 Å². The summed E-state index contributed by atoms with van der Waals surface area (Å²) in [5.41, 5.74) is 1.000. The summed E-state index contributed by atoms with van der Waals surface area (Å²) in [4.78, 5) is 11.5. The van der Waals surface area contributed by atoms with Crippen LogP contribution in [0.2, 0.25) is 0 Å². The molecule has 3 nitrogen and oxygen atoms in total. The van der Waals surface area contributed by atoms with Crippen molar-refractivity contribution >= 4 is 6.09 Å². The second-order valence-corrected chi connectivity index (χ2v) is 5.92. The maximum atomic E-state index is 11.5. The minimum atomic E-state index is -0.431. The van der Waals surface area contributed by atoms with Gasteiger partial charge >= 0.3 is 6.09 Å². The molecule has 0 saturated heterocycles. The molecule has 21 heavy (non-hydrogen) atoms. The van der Waals surface area contributed by atoms with E-state index in [2.05, 4.69) is 5.32 Å². The largest absolute Gasteiger partial charge is 0.443 e. The summed E-state index contributed by atoms with van der Waals surface area (Å²) in [5, 5.41) is 3.99. The summed E-state index contributed by atoms with van der Waals surface area (Å²) in [5.74, 6) is 0.850. The SMILES string of the molecule is O=C([N]CCCC1CCCCCC1)OCc1ccccc1. The first kappa shape index (κ1) is 15.9. The van der Waals surface area contributed by atoms with E-state index in [0.717, 1.165) is 17.9 Å². The van der Waals surface area contributed by atoms with E-state index >= 15 is 0 Å². The highest BCUT2D eigenvalue weighted by Crippen LogP contribution is 2.26. The van der Waals surface area contributed by atoms with E-state index in [4.69, 9.17) is 4.74 Å². The van der Waals surface area contributed by atoms with E-state index < -0.39 is 6.09 Å². The smallest absolute Gasteiger partial charge is 0.429 e. The van der Waals surface area contributed by atoms with Crippen molar-refractivity contribution in [3.63, 3.8) is 0 Å². The Bertz CT molecular complexity index is 397. The molecule has 0 bridgehead atoms. The normalized spacial score (nSPS) is 16.2. The molecule has 1 fully saturated rings. The first-order valence-corrected chi connectivity index (χ1v) is 8.23. The predicted octanol–water partition coefficient (Wildman–Crippen LogP) is 4.68. The highest BCUT2D eigenvalue weighted by atomic mass is 16.5. The van der Waals surface area contributed by atoms with Crippen molar-refractivity contribution in [3.8, 4) is 0 Å².